The smallest absolute Gasteiger partial charge is 0.208 e. The summed E-state index contributed by atoms with van der Waals surface area (Å²) in [5, 5.41) is 2.82. The number of nitrogens with one attached hydrogen (secondary N) is 1. The lowest BCUT2D eigenvalue weighted by molar-refractivity contribution is -0.110. The molecule has 0 aliphatic carbocycles. The van der Waals surface area contributed by atoms with Gasteiger partial charge in [0.2, 0.25) is 6.41 Å². The Kier molecular flexibility index (Phi) is 3.55. The van der Waals surface area contributed by atoms with Crippen molar-refractivity contribution in [1.29, 1.82) is 0 Å². The Labute approximate surface area is 107 Å². The Balaban J connectivity index is 2.27. The molecule has 1 aromatic rings. The van der Waals surface area contributed by atoms with Crippen LogP contribution in [0.2, 0.25) is 0 Å². The Bertz CT molecular complexity index is 434. The average molecular weight is 249 g/mol. The first kappa shape index (κ1) is 12.5. The van der Waals surface area contributed by atoms with E-state index >= 15 is 0 Å². The van der Waals surface area contributed by atoms with Crippen LogP contribution in [0.25, 0.3) is 0 Å². The Morgan fingerprint density at radius 2 is 2.33 bits per heavy atom. The molecule has 1 aliphatic rings. The van der Waals surface area contributed by atoms with Crippen LogP contribution in [0.3, 0.4) is 0 Å². The molecule has 1 aliphatic heterocycles. The zero-order chi connectivity index (χ0) is 13.1. The summed E-state index contributed by atoms with van der Waals surface area (Å²) in [5.41, 5.74) is 6.54. The molecule has 0 saturated carbocycles. The van der Waals surface area contributed by atoms with Gasteiger partial charge in [0, 0.05) is 20.6 Å². The number of pyridine rings is 1. The number of rotatable bonds is 4. The number of anilines is 3. The van der Waals surface area contributed by atoms with Crippen LogP contribution in [-0.2, 0) is 4.79 Å². The quantitative estimate of drug-likeness (QED) is 0.756. The molecule has 1 unspecified atom stereocenters. The maximum Gasteiger partial charge on any atom is 0.208 e. The van der Waals surface area contributed by atoms with Crippen molar-refractivity contribution in [1.82, 2.24) is 10.3 Å². The number of hydrogen-bond donors (Lipinski definition) is 2. The Morgan fingerprint density at radius 3 is 3.00 bits per heavy atom. The third-order valence-electron chi connectivity index (χ3n) is 3.12. The minimum Gasteiger partial charge on any atom is -0.396 e. The molecule has 1 aromatic heterocycles. The lowest BCUT2D eigenvalue weighted by atomic mass is 10.3. The van der Waals surface area contributed by atoms with Crippen molar-refractivity contribution in [3.05, 3.63) is 12.1 Å². The van der Waals surface area contributed by atoms with E-state index in [2.05, 4.69) is 15.2 Å². The monoisotopic (exact) mass is 249 g/mol. The third kappa shape index (κ3) is 2.32. The summed E-state index contributed by atoms with van der Waals surface area (Å²) in [6.45, 7) is 0.898. The minimum absolute atomic E-state index is 0.0358. The van der Waals surface area contributed by atoms with Gasteiger partial charge in [0.25, 0.3) is 0 Å². The SMILES string of the molecule is CN(C)c1nc(N2CCCC2NC=O)ccc1N. The van der Waals surface area contributed by atoms with Gasteiger partial charge >= 0.3 is 0 Å². The molecule has 0 radical (unpaired) electrons. The Hall–Kier alpha value is -1.98. The molecule has 18 heavy (non-hydrogen) atoms. The molecule has 2 rings (SSSR count). The zero-order valence-corrected chi connectivity index (χ0v) is 10.8. The largest absolute Gasteiger partial charge is 0.396 e. The predicted molar refractivity (Wildman–Crippen MR) is 72.5 cm³/mol. The molecule has 0 spiro atoms. The number of aromatic nitrogens is 1. The summed E-state index contributed by atoms with van der Waals surface area (Å²) in [4.78, 5) is 19.1. The molecule has 6 nitrogen and oxygen atoms in total. The van der Waals surface area contributed by atoms with Crippen molar-refractivity contribution in [2.24, 2.45) is 0 Å². The number of hydrogen-bond acceptors (Lipinski definition) is 5. The number of carbonyl (C=O) groups is 1. The van der Waals surface area contributed by atoms with Crippen LogP contribution in [0.5, 0.6) is 0 Å². The van der Waals surface area contributed by atoms with E-state index in [-0.39, 0.29) is 6.17 Å². The molecule has 1 saturated heterocycles. The van der Waals surface area contributed by atoms with Gasteiger partial charge in [-0.05, 0) is 25.0 Å². The van der Waals surface area contributed by atoms with E-state index in [1.807, 2.05) is 31.1 Å². The van der Waals surface area contributed by atoms with Gasteiger partial charge in [0.15, 0.2) is 5.82 Å². The molecule has 2 heterocycles. The molecule has 6 heteroatoms. The fraction of sp³-hybridized carbons (Fsp3) is 0.500. The van der Waals surface area contributed by atoms with Crippen molar-refractivity contribution in [2.75, 3.05) is 36.2 Å². The summed E-state index contributed by atoms with van der Waals surface area (Å²) in [5.74, 6) is 1.61. The number of amides is 1. The van der Waals surface area contributed by atoms with E-state index in [0.29, 0.717) is 5.69 Å². The number of nitrogens with two attached hydrogens (primary N) is 1. The van der Waals surface area contributed by atoms with Crippen LogP contribution in [0.15, 0.2) is 12.1 Å². The summed E-state index contributed by atoms with van der Waals surface area (Å²) in [6, 6.07) is 3.75. The Morgan fingerprint density at radius 1 is 1.56 bits per heavy atom. The second-order valence-corrected chi connectivity index (χ2v) is 4.61. The first-order valence-electron chi connectivity index (χ1n) is 6.03. The average Bonchev–Trinajstić information content (AvgIpc) is 2.78. The number of nitrogens with zero attached hydrogens (tertiary/aromatic N) is 3. The molecule has 1 amide bonds. The van der Waals surface area contributed by atoms with Crippen molar-refractivity contribution in [3.63, 3.8) is 0 Å². The van der Waals surface area contributed by atoms with E-state index < -0.39 is 0 Å². The standard InChI is InChI=1S/C12H19N5O/c1-16(2)12-9(13)5-6-11(15-12)17-7-3-4-10(17)14-8-18/h5-6,8,10H,3-4,7,13H2,1-2H3,(H,14,18). The maximum atomic E-state index is 10.6. The second kappa shape index (κ2) is 5.12. The first-order chi connectivity index (χ1) is 8.63. The van der Waals surface area contributed by atoms with Crippen LogP contribution in [0, 0.1) is 0 Å². The first-order valence-corrected chi connectivity index (χ1v) is 6.03. The lowest BCUT2D eigenvalue weighted by Crippen LogP contribution is -2.41. The summed E-state index contributed by atoms with van der Waals surface area (Å²) < 4.78 is 0. The highest BCUT2D eigenvalue weighted by molar-refractivity contribution is 5.66. The molecule has 3 N–H and O–H groups in total. The van der Waals surface area contributed by atoms with Gasteiger partial charge in [-0.1, -0.05) is 0 Å². The molecule has 1 fully saturated rings. The topological polar surface area (TPSA) is 74.5 Å². The molecular formula is C12H19N5O. The van der Waals surface area contributed by atoms with Crippen molar-refractivity contribution < 1.29 is 4.79 Å². The minimum atomic E-state index is 0.0358. The van der Waals surface area contributed by atoms with Crippen molar-refractivity contribution in [2.45, 2.75) is 19.0 Å². The number of carbonyl (C=O) groups excluding carboxylic acids is 1. The van der Waals surface area contributed by atoms with E-state index in [4.69, 9.17) is 5.73 Å². The molecular weight excluding hydrogens is 230 g/mol. The van der Waals surface area contributed by atoms with Crippen molar-refractivity contribution in [3.8, 4) is 0 Å². The highest BCUT2D eigenvalue weighted by atomic mass is 16.1. The lowest BCUT2D eigenvalue weighted by Gasteiger charge is -2.26. The molecule has 0 aromatic carbocycles. The van der Waals surface area contributed by atoms with Gasteiger partial charge in [-0.2, -0.15) is 0 Å². The summed E-state index contributed by atoms with van der Waals surface area (Å²) >= 11 is 0. The summed E-state index contributed by atoms with van der Waals surface area (Å²) in [7, 11) is 3.82. The van der Waals surface area contributed by atoms with Crippen LogP contribution in [0.1, 0.15) is 12.8 Å². The molecule has 98 valence electrons. The predicted octanol–water partition coefficient (Wildman–Crippen LogP) is 0.402. The van der Waals surface area contributed by atoms with Crippen LogP contribution < -0.4 is 20.9 Å². The van der Waals surface area contributed by atoms with Crippen LogP contribution in [-0.4, -0.2) is 38.2 Å². The number of nitrogen functional groups attached to an aromatic ring is 1. The molecule has 0 bridgehead atoms. The van der Waals surface area contributed by atoms with Gasteiger partial charge in [-0.25, -0.2) is 4.98 Å². The van der Waals surface area contributed by atoms with Gasteiger partial charge in [-0.3, -0.25) is 4.79 Å². The van der Waals surface area contributed by atoms with E-state index in [9.17, 15) is 4.79 Å². The highest BCUT2D eigenvalue weighted by Crippen LogP contribution is 2.27. The highest BCUT2D eigenvalue weighted by Gasteiger charge is 2.25. The van der Waals surface area contributed by atoms with E-state index in [1.54, 1.807) is 0 Å². The van der Waals surface area contributed by atoms with Gasteiger partial charge in [-0.15, -0.1) is 0 Å². The maximum absolute atomic E-state index is 10.6. The summed E-state index contributed by atoms with van der Waals surface area (Å²) in [6.07, 6.45) is 2.78. The molecule has 1 atom stereocenters. The van der Waals surface area contributed by atoms with Gasteiger partial charge in [0.1, 0.15) is 12.0 Å². The van der Waals surface area contributed by atoms with Crippen LogP contribution >= 0.6 is 0 Å². The van der Waals surface area contributed by atoms with Gasteiger partial charge < -0.3 is 20.9 Å². The normalized spacial score (nSPS) is 18.8. The zero-order valence-electron chi connectivity index (χ0n) is 10.8. The van der Waals surface area contributed by atoms with Gasteiger partial charge in [0.05, 0.1) is 5.69 Å². The third-order valence-corrected chi connectivity index (χ3v) is 3.12. The van der Waals surface area contributed by atoms with Crippen LogP contribution in [0.4, 0.5) is 17.3 Å². The second-order valence-electron chi connectivity index (χ2n) is 4.61. The van der Waals surface area contributed by atoms with E-state index in [0.717, 1.165) is 37.4 Å². The van der Waals surface area contributed by atoms with E-state index in [1.165, 1.54) is 0 Å². The fourth-order valence-corrected chi connectivity index (χ4v) is 2.26. The van der Waals surface area contributed by atoms with Crippen molar-refractivity contribution >= 4 is 23.7 Å². The fourth-order valence-electron chi connectivity index (χ4n) is 2.26.